The van der Waals surface area contributed by atoms with Crippen LogP contribution in [0.25, 0.3) is 17.2 Å². The van der Waals surface area contributed by atoms with Crippen LogP contribution in [0.1, 0.15) is 55.8 Å². The van der Waals surface area contributed by atoms with E-state index in [1.54, 1.807) is 29.8 Å². The lowest BCUT2D eigenvalue weighted by atomic mass is 9.87. The lowest BCUT2D eigenvalue weighted by molar-refractivity contribution is -0.139. The van der Waals surface area contributed by atoms with Gasteiger partial charge in [0.25, 0.3) is 10.0 Å². The summed E-state index contributed by atoms with van der Waals surface area (Å²) >= 11 is 0. The number of aliphatic hydroxyl groups is 2. The maximum absolute atomic E-state index is 13.9. The fraction of sp³-hybridized carbons (Fsp3) is 0.393. The van der Waals surface area contributed by atoms with E-state index >= 15 is 0 Å². The van der Waals surface area contributed by atoms with Gasteiger partial charge in [0.1, 0.15) is 11.6 Å². The van der Waals surface area contributed by atoms with Gasteiger partial charge in [0, 0.05) is 37.3 Å². The molecule has 214 valence electrons. The molecule has 1 aliphatic heterocycles. The zero-order chi connectivity index (χ0) is 29.2. The molecular weight excluding hydrogens is 539 g/mol. The minimum Gasteiger partial charge on any atom is -0.481 e. The third kappa shape index (κ3) is 6.24. The molecule has 3 N–H and O–H groups in total. The summed E-state index contributed by atoms with van der Waals surface area (Å²) < 4.78 is 44.1. The zero-order valence-corrected chi connectivity index (χ0v) is 23.3. The minimum atomic E-state index is -4.02. The summed E-state index contributed by atoms with van der Waals surface area (Å²) in [6, 6.07) is 5.89. The van der Waals surface area contributed by atoms with Crippen molar-refractivity contribution in [3.05, 3.63) is 65.5 Å². The van der Waals surface area contributed by atoms with Gasteiger partial charge in [-0.25, -0.2) is 18.7 Å². The van der Waals surface area contributed by atoms with E-state index < -0.39 is 40.4 Å². The molecule has 0 saturated heterocycles. The first kappa shape index (κ1) is 29.4. The number of aliphatic hydroxyl groups excluding tert-OH is 2. The number of aromatic nitrogens is 3. The van der Waals surface area contributed by atoms with Gasteiger partial charge in [0.15, 0.2) is 5.03 Å². The third-order valence-electron chi connectivity index (χ3n) is 6.69. The average Bonchev–Trinajstić information content (AvgIpc) is 3.33. The fourth-order valence-corrected chi connectivity index (χ4v) is 6.32. The molecular formula is C28H33FN4O6S. The number of carboxylic acid groups (broad SMARTS) is 1. The van der Waals surface area contributed by atoms with Gasteiger partial charge < -0.3 is 19.9 Å². The number of hydrogen-bond acceptors (Lipinski definition) is 7. The number of rotatable bonds is 10. The van der Waals surface area contributed by atoms with Crippen LogP contribution in [-0.4, -0.2) is 63.0 Å². The molecule has 10 nitrogen and oxygen atoms in total. The number of nitrogens with zero attached hydrogens (tertiary/aromatic N) is 4. The summed E-state index contributed by atoms with van der Waals surface area (Å²) in [4.78, 5) is 19.8. The number of fused-ring (bicyclic) bond motifs is 1. The Balaban J connectivity index is 1.89. The molecule has 3 aromatic rings. The van der Waals surface area contributed by atoms with Crippen LogP contribution in [0.3, 0.4) is 0 Å². The van der Waals surface area contributed by atoms with Gasteiger partial charge in [-0.2, -0.15) is 8.42 Å². The minimum absolute atomic E-state index is 0.0916. The van der Waals surface area contributed by atoms with Crippen LogP contribution >= 0.6 is 0 Å². The van der Waals surface area contributed by atoms with Crippen LogP contribution < -0.4 is 4.31 Å². The molecule has 0 radical (unpaired) electrons. The Morgan fingerprint density at radius 1 is 1.20 bits per heavy atom. The van der Waals surface area contributed by atoms with E-state index in [1.807, 2.05) is 13.8 Å². The molecule has 3 heterocycles. The lowest BCUT2D eigenvalue weighted by Gasteiger charge is -2.32. The highest BCUT2D eigenvalue weighted by Crippen LogP contribution is 2.42. The smallest absolute Gasteiger partial charge is 0.305 e. The van der Waals surface area contributed by atoms with Crippen LogP contribution in [-0.2, 0) is 28.3 Å². The van der Waals surface area contributed by atoms with Crippen LogP contribution in [0, 0.1) is 5.82 Å². The van der Waals surface area contributed by atoms with E-state index in [1.165, 1.54) is 35.0 Å². The van der Waals surface area contributed by atoms with Crippen molar-refractivity contribution in [2.75, 3.05) is 10.8 Å². The Morgan fingerprint density at radius 2 is 1.90 bits per heavy atom. The van der Waals surface area contributed by atoms with E-state index in [4.69, 9.17) is 10.1 Å². The highest BCUT2D eigenvalue weighted by atomic mass is 32.2. The maximum Gasteiger partial charge on any atom is 0.305 e. The number of aryl methyl sites for hydroxylation is 1. The molecule has 0 amide bonds. The molecule has 1 unspecified atom stereocenters. The second-order valence-electron chi connectivity index (χ2n) is 10.2. The number of benzene rings is 1. The predicted molar refractivity (Wildman–Crippen MR) is 148 cm³/mol. The highest BCUT2D eigenvalue weighted by molar-refractivity contribution is 7.92. The standard InChI is InChI=1S/C28H33FN4O6S/c1-17(2)27-22(11-10-20(34)13-21(35)14-25(36)37)26(18-6-8-19(29)9-7-18)23-5-4-12-33(28(23)31-27)40(38,39)24-15-32(3)16-30-24/h6-11,15-17,20-21,34-35H,4-5,12-14H2,1-3H3,(H,36,37)/t20?,21-/m1/s1. The number of halogens is 1. The first-order chi connectivity index (χ1) is 18.9. The molecule has 0 saturated carbocycles. The van der Waals surface area contributed by atoms with Gasteiger partial charge in [-0.05, 0) is 42.0 Å². The second kappa shape index (κ2) is 11.9. The fourth-order valence-electron chi connectivity index (χ4n) is 4.87. The number of anilines is 1. The Bertz CT molecular complexity index is 1520. The van der Waals surface area contributed by atoms with Crippen molar-refractivity contribution in [1.29, 1.82) is 0 Å². The summed E-state index contributed by atoms with van der Waals surface area (Å²) in [6.45, 7) is 4.04. The van der Waals surface area contributed by atoms with Crippen LogP contribution in [0.15, 0.2) is 47.9 Å². The van der Waals surface area contributed by atoms with Crippen molar-refractivity contribution in [3.63, 3.8) is 0 Å². The average molecular weight is 573 g/mol. The number of imidazole rings is 1. The third-order valence-corrected chi connectivity index (χ3v) is 8.37. The molecule has 2 aromatic heterocycles. The summed E-state index contributed by atoms with van der Waals surface area (Å²) in [6.07, 6.45) is 3.95. The Hall–Kier alpha value is -3.61. The van der Waals surface area contributed by atoms with Gasteiger partial charge in [-0.1, -0.05) is 38.1 Å². The van der Waals surface area contributed by atoms with Crippen molar-refractivity contribution in [2.24, 2.45) is 7.05 Å². The Kier molecular flexibility index (Phi) is 8.71. The van der Waals surface area contributed by atoms with Crippen molar-refractivity contribution in [2.45, 2.75) is 62.7 Å². The van der Waals surface area contributed by atoms with E-state index in [0.717, 1.165) is 0 Å². The quantitative estimate of drug-likeness (QED) is 0.335. The number of hydrogen-bond donors (Lipinski definition) is 3. The Morgan fingerprint density at radius 3 is 2.50 bits per heavy atom. The summed E-state index contributed by atoms with van der Waals surface area (Å²) in [5.41, 5.74) is 3.19. The summed E-state index contributed by atoms with van der Waals surface area (Å²) in [7, 11) is -2.33. The molecule has 40 heavy (non-hydrogen) atoms. The van der Waals surface area contributed by atoms with Gasteiger partial charge in [-0.15, -0.1) is 0 Å². The molecule has 1 aromatic carbocycles. The largest absolute Gasteiger partial charge is 0.481 e. The Labute approximate surface area is 232 Å². The highest BCUT2D eigenvalue weighted by Gasteiger charge is 2.35. The SMILES string of the molecule is CC(C)c1nc2c(c(-c3ccc(F)cc3)c1C=CC(O)C[C@@H](O)CC(=O)O)CCCN2S(=O)(=O)c1cn(C)cn1. The number of sulfonamides is 1. The first-order valence-corrected chi connectivity index (χ1v) is 14.4. The summed E-state index contributed by atoms with van der Waals surface area (Å²) in [5.74, 6) is -1.47. The monoisotopic (exact) mass is 572 g/mol. The van der Waals surface area contributed by atoms with E-state index in [9.17, 15) is 27.8 Å². The first-order valence-electron chi connectivity index (χ1n) is 13.0. The van der Waals surface area contributed by atoms with Crippen LogP contribution in [0.5, 0.6) is 0 Å². The van der Waals surface area contributed by atoms with Crippen molar-refractivity contribution >= 4 is 27.9 Å². The van der Waals surface area contributed by atoms with Gasteiger partial charge in [-0.3, -0.25) is 4.79 Å². The lowest BCUT2D eigenvalue weighted by Crippen LogP contribution is -2.37. The maximum atomic E-state index is 13.9. The number of carbonyl (C=O) groups is 1. The number of pyridine rings is 1. The molecule has 0 spiro atoms. The van der Waals surface area contributed by atoms with E-state index in [-0.39, 0.29) is 29.7 Å². The molecule has 0 bridgehead atoms. The second-order valence-corrected chi connectivity index (χ2v) is 12.0. The summed E-state index contributed by atoms with van der Waals surface area (Å²) in [5, 5.41) is 29.3. The van der Waals surface area contributed by atoms with E-state index in [0.29, 0.717) is 40.8 Å². The van der Waals surface area contributed by atoms with Gasteiger partial charge >= 0.3 is 5.97 Å². The molecule has 12 heteroatoms. The predicted octanol–water partition coefficient (Wildman–Crippen LogP) is 3.49. The number of carboxylic acids is 1. The zero-order valence-electron chi connectivity index (χ0n) is 22.5. The van der Waals surface area contributed by atoms with Crippen molar-refractivity contribution in [3.8, 4) is 11.1 Å². The van der Waals surface area contributed by atoms with E-state index in [2.05, 4.69) is 4.98 Å². The normalized spacial score (nSPS) is 15.4. The molecule has 4 rings (SSSR count). The van der Waals surface area contributed by atoms with Crippen molar-refractivity contribution < 1.29 is 32.9 Å². The molecule has 2 atom stereocenters. The van der Waals surface area contributed by atoms with Crippen LogP contribution in [0.2, 0.25) is 0 Å². The van der Waals surface area contributed by atoms with Gasteiger partial charge in [0.05, 0.1) is 30.7 Å². The molecule has 0 aliphatic carbocycles. The van der Waals surface area contributed by atoms with Gasteiger partial charge in [0.2, 0.25) is 0 Å². The van der Waals surface area contributed by atoms with Crippen LogP contribution in [0.4, 0.5) is 10.2 Å². The molecule has 1 aliphatic rings. The van der Waals surface area contributed by atoms with Crippen molar-refractivity contribution in [1.82, 2.24) is 14.5 Å². The molecule has 0 fully saturated rings. The number of aliphatic carboxylic acids is 1. The topological polar surface area (TPSA) is 146 Å².